The molecule has 2 rings (SSSR count). The third kappa shape index (κ3) is 3.23. The van der Waals surface area contributed by atoms with Gasteiger partial charge in [0.2, 0.25) is 0 Å². The molecule has 0 aromatic rings. The Bertz CT molecular complexity index is 360. The van der Waals surface area contributed by atoms with E-state index >= 15 is 0 Å². The van der Waals surface area contributed by atoms with E-state index in [1.807, 2.05) is 0 Å². The molecule has 6 nitrogen and oxygen atoms in total. The molecule has 2 aliphatic rings. The molecule has 1 saturated heterocycles. The van der Waals surface area contributed by atoms with E-state index in [1.54, 1.807) is 12.0 Å². The molecular weight excluding hydrogens is 260 g/mol. The summed E-state index contributed by atoms with van der Waals surface area (Å²) in [6.45, 7) is 2.44. The van der Waals surface area contributed by atoms with E-state index < -0.39 is 11.4 Å². The lowest BCUT2D eigenvalue weighted by Crippen LogP contribution is -2.52. The standard InChI is InChI=1S/C14H24N2O4/c1-20-9-11-3-7-16(8-4-11)13(19)15-10-14(12(17)18)5-2-6-14/h11H,2-10H2,1H3,(H,15,19)(H,17,18). The quantitative estimate of drug-likeness (QED) is 0.798. The Kier molecular flexibility index (Phi) is 4.86. The molecule has 1 heterocycles. The van der Waals surface area contributed by atoms with Crippen molar-refractivity contribution in [3.05, 3.63) is 0 Å². The van der Waals surface area contributed by atoms with Crippen molar-refractivity contribution in [2.75, 3.05) is 33.4 Å². The number of amides is 2. The maximum atomic E-state index is 12.1. The van der Waals surface area contributed by atoms with Crippen LogP contribution in [0.1, 0.15) is 32.1 Å². The average Bonchev–Trinajstić information content (AvgIpc) is 2.38. The van der Waals surface area contributed by atoms with Gasteiger partial charge in [0.1, 0.15) is 0 Å². The van der Waals surface area contributed by atoms with E-state index in [9.17, 15) is 14.7 Å². The number of hydrogen-bond acceptors (Lipinski definition) is 3. The van der Waals surface area contributed by atoms with E-state index in [2.05, 4.69) is 5.32 Å². The summed E-state index contributed by atoms with van der Waals surface area (Å²) in [6, 6.07) is -0.131. The lowest BCUT2D eigenvalue weighted by Gasteiger charge is -2.38. The zero-order valence-electron chi connectivity index (χ0n) is 12.1. The molecule has 0 aromatic heterocycles. The molecule has 0 atom stereocenters. The van der Waals surface area contributed by atoms with Crippen LogP contribution in [-0.2, 0) is 9.53 Å². The van der Waals surface area contributed by atoms with Crippen molar-refractivity contribution in [3.8, 4) is 0 Å². The van der Waals surface area contributed by atoms with Crippen molar-refractivity contribution >= 4 is 12.0 Å². The molecule has 0 aromatic carbocycles. The number of likely N-dealkylation sites (tertiary alicyclic amines) is 1. The van der Waals surface area contributed by atoms with Gasteiger partial charge in [-0.2, -0.15) is 0 Å². The number of carboxylic acid groups (broad SMARTS) is 1. The van der Waals surface area contributed by atoms with Crippen LogP contribution in [-0.4, -0.2) is 55.4 Å². The van der Waals surface area contributed by atoms with Crippen molar-refractivity contribution in [2.45, 2.75) is 32.1 Å². The first-order valence-electron chi connectivity index (χ1n) is 7.32. The fraction of sp³-hybridized carbons (Fsp3) is 0.857. The van der Waals surface area contributed by atoms with Gasteiger partial charge < -0.3 is 20.1 Å². The van der Waals surface area contributed by atoms with E-state index in [4.69, 9.17) is 4.74 Å². The Balaban J connectivity index is 1.74. The van der Waals surface area contributed by atoms with Gasteiger partial charge in [0.25, 0.3) is 0 Å². The van der Waals surface area contributed by atoms with Gasteiger partial charge in [0.05, 0.1) is 5.41 Å². The Morgan fingerprint density at radius 2 is 2.00 bits per heavy atom. The minimum atomic E-state index is -0.789. The van der Waals surface area contributed by atoms with E-state index in [1.165, 1.54) is 0 Å². The third-order valence-corrected chi connectivity index (χ3v) is 4.65. The molecule has 0 spiro atoms. The highest BCUT2D eigenvalue weighted by Gasteiger charge is 2.44. The summed E-state index contributed by atoms with van der Waals surface area (Å²) in [4.78, 5) is 25.1. The van der Waals surface area contributed by atoms with Gasteiger partial charge in [-0.15, -0.1) is 0 Å². The number of urea groups is 1. The third-order valence-electron chi connectivity index (χ3n) is 4.65. The van der Waals surface area contributed by atoms with Crippen LogP contribution in [0.15, 0.2) is 0 Å². The number of carbonyl (C=O) groups is 2. The van der Waals surface area contributed by atoms with E-state index in [0.29, 0.717) is 18.8 Å². The van der Waals surface area contributed by atoms with Crippen molar-refractivity contribution in [1.82, 2.24) is 10.2 Å². The molecule has 0 bridgehead atoms. The lowest BCUT2D eigenvalue weighted by atomic mass is 9.69. The van der Waals surface area contributed by atoms with Crippen LogP contribution in [0.5, 0.6) is 0 Å². The van der Waals surface area contributed by atoms with Gasteiger partial charge in [0, 0.05) is 33.4 Å². The van der Waals surface area contributed by atoms with Crippen LogP contribution in [0.4, 0.5) is 4.79 Å². The topological polar surface area (TPSA) is 78.9 Å². The number of piperidine rings is 1. The first-order valence-corrected chi connectivity index (χ1v) is 7.32. The molecule has 20 heavy (non-hydrogen) atoms. The second-order valence-electron chi connectivity index (χ2n) is 5.98. The van der Waals surface area contributed by atoms with Gasteiger partial charge in [-0.3, -0.25) is 4.79 Å². The minimum Gasteiger partial charge on any atom is -0.481 e. The maximum absolute atomic E-state index is 12.1. The molecule has 6 heteroatoms. The SMILES string of the molecule is COCC1CCN(C(=O)NCC2(C(=O)O)CCC2)CC1. The van der Waals surface area contributed by atoms with Gasteiger partial charge in [-0.25, -0.2) is 4.79 Å². The summed E-state index contributed by atoms with van der Waals surface area (Å²) >= 11 is 0. The van der Waals surface area contributed by atoms with Crippen LogP contribution in [0, 0.1) is 11.3 Å². The number of hydrogen-bond donors (Lipinski definition) is 2. The number of nitrogens with zero attached hydrogens (tertiary/aromatic N) is 1. The van der Waals surface area contributed by atoms with Gasteiger partial charge in [0.15, 0.2) is 0 Å². The predicted molar refractivity (Wildman–Crippen MR) is 73.5 cm³/mol. The zero-order valence-corrected chi connectivity index (χ0v) is 12.1. The fourth-order valence-corrected chi connectivity index (χ4v) is 2.96. The molecule has 2 N–H and O–H groups in total. The molecule has 2 amide bonds. The zero-order chi connectivity index (χ0) is 14.6. The fourth-order valence-electron chi connectivity index (χ4n) is 2.96. The molecule has 0 unspecified atom stereocenters. The summed E-state index contributed by atoms with van der Waals surface area (Å²) in [7, 11) is 1.70. The lowest BCUT2D eigenvalue weighted by molar-refractivity contribution is -0.153. The summed E-state index contributed by atoms with van der Waals surface area (Å²) in [6.07, 6.45) is 4.16. The van der Waals surface area contributed by atoms with E-state index in [0.717, 1.165) is 39.0 Å². The van der Waals surface area contributed by atoms with Crippen molar-refractivity contribution < 1.29 is 19.4 Å². The highest BCUT2D eigenvalue weighted by Crippen LogP contribution is 2.40. The van der Waals surface area contributed by atoms with Crippen LogP contribution >= 0.6 is 0 Å². The smallest absolute Gasteiger partial charge is 0.317 e. The first kappa shape index (κ1) is 15.1. The summed E-state index contributed by atoms with van der Waals surface area (Å²) < 4.78 is 5.13. The monoisotopic (exact) mass is 284 g/mol. The molecule has 1 aliphatic heterocycles. The minimum absolute atomic E-state index is 0.131. The highest BCUT2D eigenvalue weighted by molar-refractivity contribution is 5.79. The normalized spacial score (nSPS) is 22.1. The molecular formula is C14H24N2O4. The number of rotatable bonds is 5. The summed E-state index contributed by atoms with van der Waals surface area (Å²) in [5, 5.41) is 12.0. The van der Waals surface area contributed by atoms with Crippen molar-refractivity contribution in [2.24, 2.45) is 11.3 Å². The van der Waals surface area contributed by atoms with Gasteiger partial charge >= 0.3 is 12.0 Å². The predicted octanol–water partition coefficient (Wildman–Crippen LogP) is 1.31. The Morgan fingerprint density at radius 3 is 2.45 bits per heavy atom. The number of nitrogens with one attached hydrogen (secondary N) is 1. The van der Waals surface area contributed by atoms with Crippen LogP contribution < -0.4 is 5.32 Å². The Hall–Kier alpha value is -1.30. The Labute approximate surface area is 119 Å². The average molecular weight is 284 g/mol. The number of aliphatic carboxylic acids is 1. The van der Waals surface area contributed by atoms with Crippen LogP contribution in [0.2, 0.25) is 0 Å². The van der Waals surface area contributed by atoms with Crippen molar-refractivity contribution in [3.63, 3.8) is 0 Å². The van der Waals surface area contributed by atoms with Crippen LogP contribution in [0.25, 0.3) is 0 Å². The molecule has 114 valence electrons. The number of ether oxygens (including phenoxy) is 1. The largest absolute Gasteiger partial charge is 0.481 e. The van der Waals surface area contributed by atoms with Crippen molar-refractivity contribution in [1.29, 1.82) is 0 Å². The molecule has 1 aliphatic carbocycles. The maximum Gasteiger partial charge on any atom is 0.317 e. The number of carbonyl (C=O) groups excluding carboxylic acids is 1. The second-order valence-corrected chi connectivity index (χ2v) is 5.98. The van der Waals surface area contributed by atoms with E-state index in [-0.39, 0.29) is 12.6 Å². The van der Waals surface area contributed by atoms with Crippen LogP contribution in [0.3, 0.4) is 0 Å². The Morgan fingerprint density at radius 1 is 1.35 bits per heavy atom. The highest BCUT2D eigenvalue weighted by atomic mass is 16.5. The first-order chi connectivity index (χ1) is 9.57. The second kappa shape index (κ2) is 6.43. The molecule has 1 saturated carbocycles. The summed E-state index contributed by atoms with van der Waals surface area (Å²) in [5.41, 5.74) is -0.718. The molecule has 0 radical (unpaired) electrons. The molecule has 2 fully saturated rings. The number of carboxylic acids is 1. The van der Waals surface area contributed by atoms with Gasteiger partial charge in [-0.05, 0) is 31.6 Å². The number of methoxy groups -OCH3 is 1. The summed E-state index contributed by atoms with van der Waals surface area (Å²) in [5.74, 6) is -0.260. The van der Waals surface area contributed by atoms with Gasteiger partial charge in [-0.1, -0.05) is 6.42 Å².